The molecule has 0 bridgehead atoms. The summed E-state index contributed by atoms with van der Waals surface area (Å²) < 4.78 is 1.13. The van der Waals surface area contributed by atoms with Crippen LogP contribution in [0.25, 0.3) is 10.2 Å². The minimum atomic E-state index is -0.669. The van der Waals surface area contributed by atoms with E-state index in [4.69, 9.17) is 5.73 Å². The number of nitrogens with zero attached hydrogens (tertiary/aromatic N) is 1. The van der Waals surface area contributed by atoms with Gasteiger partial charge in [-0.05, 0) is 37.8 Å². The summed E-state index contributed by atoms with van der Waals surface area (Å²) in [5.74, 6) is 0.489. The number of fused-ring (bicyclic) bond motifs is 1. The van der Waals surface area contributed by atoms with Crippen LogP contribution in [-0.2, 0) is 11.2 Å². The fraction of sp³-hybridized carbons (Fsp3) is 0.429. The second-order valence-corrected chi connectivity index (χ2v) is 6.35. The van der Waals surface area contributed by atoms with Gasteiger partial charge in [0.2, 0.25) is 0 Å². The van der Waals surface area contributed by atoms with Gasteiger partial charge in [-0.2, -0.15) is 0 Å². The minimum absolute atomic E-state index is 0.115. The van der Waals surface area contributed by atoms with Gasteiger partial charge in [-0.3, -0.25) is 4.79 Å². The van der Waals surface area contributed by atoms with Crippen molar-refractivity contribution in [2.75, 3.05) is 0 Å². The second-order valence-electron chi connectivity index (χ2n) is 5.23. The molecule has 0 spiro atoms. The number of rotatable bonds is 4. The number of benzene rings is 1. The number of carbonyl (C=O) groups is 1. The largest absolute Gasteiger partial charge is 0.319 e. The van der Waals surface area contributed by atoms with Crippen LogP contribution in [0, 0.1) is 5.92 Å². The average Bonchev–Trinajstić information content (AvgIpc) is 3.10. The highest BCUT2D eigenvalue weighted by atomic mass is 32.1. The number of aromatic nitrogens is 1. The monoisotopic (exact) mass is 260 g/mol. The standard InChI is InChI=1S/C14H16N2OS/c1-14(15,9-6-7-9)12(17)8-13-16-10-4-2-3-5-11(10)18-13/h2-5,9H,6-8,15H2,1H3. The third-order valence-electron chi connectivity index (χ3n) is 3.68. The zero-order valence-corrected chi connectivity index (χ0v) is 11.2. The third-order valence-corrected chi connectivity index (χ3v) is 4.71. The highest BCUT2D eigenvalue weighted by molar-refractivity contribution is 7.18. The van der Waals surface area contributed by atoms with Gasteiger partial charge in [-0.15, -0.1) is 11.3 Å². The summed E-state index contributed by atoms with van der Waals surface area (Å²) in [5, 5.41) is 0.874. The van der Waals surface area contributed by atoms with E-state index in [1.807, 2.05) is 31.2 Å². The van der Waals surface area contributed by atoms with Crippen molar-refractivity contribution in [1.82, 2.24) is 4.98 Å². The van der Waals surface area contributed by atoms with Crippen molar-refractivity contribution >= 4 is 27.3 Å². The lowest BCUT2D eigenvalue weighted by Gasteiger charge is -2.21. The van der Waals surface area contributed by atoms with Crippen LogP contribution < -0.4 is 5.73 Å². The fourth-order valence-corrected chi connectivity index (χ4v) is 3.20. The van der Waals surface area contributed by atoms with Gasteiger partial charge in [-0.25, -0.2) is 4.98 Å². The van der Waals surface area contributed by atoms with Crippen molar-refractivity contribution in [1.29, 1.82) is 0 Å². The molecule has 1 heterocycles. The van der Waals surface area contributed by atoms with E-state index in [9.17, 15) is 4.79 Å². The third kappa shape index (κ3) is 2.06. The Kier molecular flexibility index (Phi) is 2.72. The van der Waals surface area contributed by atoms with Crippen molar-refractivity contribution in [3.8, 4) is 0 Å². The van der Waals surface area contributed by atoms with Crippen molar-refractivity contribution in [3.05, 3.63) is 29.3 Å². The Bertz CT molecular complexity index is 566. The molecule has 0 amide bonds. The molecular formula is C14H16N2OS. The molecule has 1 saturated carbocycles. The molecule has 0 aliphatic heterocycles. The molecule has 3 rings (SSSR count). The number of hydrogen-bond acceptors (Lipinski definition) is 4. The van der Waals surface area contributed by atoms with Crippen LogP contribution in [0.5, 0.6) is 0 Å². The van der Waals surface area contributed by atoms with Gasteiger partial charge in [0.1, 0.15) is 5.01 Å². The quantitative estimate of drug-likeness (QED) is 0.919. The van der Waals surface area contributed by atoms with Crippen LogP contribution in [-0.4, -0.2) is 16.3 Å². The summed E-state index contributed by atoms with van der Waals surface area (Å²) in [7, 11) is 0. The van der Waals surface area contributed by atoms with E-state index >= 15 is 0 Å². The molecule has 1 aromatic carbocycles. The molecule has 2 N–H and O–H groups in total. The Morgan fingerprint density at radius 1 is 1.50 bits per heavy atom. The van der Waals surface area contributed by atoms with Crippen LogP contribution in [0.2, 0.25) is 0 Å². The van der Waals surface area contributed by atoms with E-state index in [-0.39, 0.29) is 5.78 Å². The van der Waals surface area contributed by atoms with Crippen LogP contribution in [0.3, 0.4) is 0 Å². The lowest BCUT2D eigenvalue weighted by molar-refractivity contribution is -0.123. The summed E-state index contributed by atoms with van der Waals surface area (Å²) in [5.41, 5.74) is 6.43. The first-order chi connectivity index (χ1) is 8.57. The molecule has 4 heteroatoms. The molecule has 0 radical (unpaired) electrons. The van der Waals surface area contributed by atoms with Crippen LogP contribution in [0.15, 0.2) is 24.3 Å². The molecule has 1 aromatic heterocycles. The molecule has 18 heavy (non-hydrogen) atoms. The predicted molar refractivity (Wildman–Crippen MR) is 73.6 cm³/mol. The Balaban J connectivity index is 1.81. The summed E-state index contributed by atoms with van der Waals surface area (Å²) in [6.45, 7) is 1.86. The summed E-state index contributed by atoms with van der Waals surface area (Å²) in [6, 6.07) is 7.96. The number of carbonyl (C=O) groups excluding carboxylic acids is 1. The Labute approximate surface area is 110 Å². The predicted octanol–water partition coefficient (Wildman–Crippen LogP) is 2.54. The van der Waals surface area contributed by atoms with Gasteiger partial charge in [0, 0.05) is 0 Å². The number of hydrogen-bond donors (Lipinski definition) is 1. The van der Waals surface area contributed by atoms with E-state index in [1.165, 1.54) is 0 Å². The fourth-order valence-electron chi connectivity index (χ4n) is 2.23. The van der Waals surface area contributed by atoms with Crippen molar-refractivity contribution in [2.24, 2.45) is 11.7 Å². The van der Waals surface area contributed by atoms with Gasteiger partial charge < -0.3 is 5.73 Å². The molecule has 1 fully saturated rings. The lowest BCUT2D eigenvalue weighted by Crippen LogP contribution is -2.47. The average molecular weight is 260 g/mol. The number of nitrogens with two attached hydrogens (primary N) is 1. The van der Waals surface area contributed by atoms with Crippen LogP contribution in [0.4, 0.5) is 0 Å². The normalized spacial score (nSPS) is 18.8. The minimum Gasteiger partial charge on any atom is -0.319 e. The number of ketones is 1. The van der Waals surface area contributed by atoms with E-state index < -0.39 is 5.54 Å². The first kappa shape index (κ1) is 11.8. The zero-order valence-electron chi connectivity index (χ0n) is 10.3. The molecule has 94 valence electrons. The maximum absolute atomic E-state index is 12.2. The first-order valence-electron chi connectivity index (χ1n) is 6.24. The van der Waals surface area contributed by atoms with E-state index in [2.05, 4.69) is 4.98 Å². The van der Waals surface area contributed by atoms with E-state index in [1.54, 1.807) is 11.3 Å². The molecular weight excluding hydrogens is 244 g/mol. The Morgan fingerprint density at radius 3 is 2.89 bits per heavy atom. The molecule has 1 aliphatic carbocycles. The number of thiazole rings is 1. The van der Waals surface area contributed by atoms with Crippen LogP contribution in [0.1, 0.15) is 24.8 Å². The van der Waals surface area contributed by atoms with E-state index in [0.717, 1.165) is 28.1 Å². The highest BCUT2D eigenvalue weighted by Crippen LogP contribution is 2.39. The highest BCUT2D eigenvalue weighted by Gasteiger charge is 2.43. The maximum atomic E-state index is 12.2. The van der Waals surface area contributed by atoms with Crippen molar-refractivity contribution in [3.63, 3.8) is 0 Å². The molecule has 3 nitrogen and oxygen atoms in total. The number of Topliss-reactive ketones (excluding diaryl/α,β-unsaturated/α-hetero) is 1. The van der Waals surface area contributed by atoms with Crippen molar-refractivity contribution < 1.29 is 4.79 Å². The van der Waals surface area contributed by atoms with Crippen molar-refractivity contribution in [2.45, 2.75) is 31.7 Å². The first-order valence-corrected chi connectivity index (χ1v) is 7.05. The summed E-state index contributed by atoms with van der Waals surface area (Å²) >= 11 is 1.59. The summed E-state index contributed by atoms with van der Waals surface area (Å²) in [4.78, 5) is 16.7. The Hall–Kier alpha value is -1.26. The topological polar surface area (TPSA) is 56.0 Å². The Morgan fingerprint density at radius 2 is 2.22 bits per heavy atom. The molecule has 1 aliphatic rings. The maximum Gasteiger partial charge on any atom is 0.159 e. The van der Waals surface area contributed by atoms with Crippen LogP contribution >= 0.6 is 11.3 Å². The van der Waals surface area contributed by atoms with Gasteiger partial charge in [0.05, 0.1) is 22.2 Å². The summed E-state index contributed by atoms with van der Waals surface area (Å²) in [6.07, 6.45) is 2.53. The smallest absolute Gasteiger partial charge is 0.159 e. The lowest BCUT2D eigenvalue weighted by atomic mass is 9.90. The SMILES string of the molecule is CC(N)(C(=O)Cc1nc2ccccc2s1)C1CC1. The van der Waals surface area contributed by atoms with Gasteiger partial charge in [0.25, 0.3) is 0 Å². The van der Waals surface area contributed by atoms with Gasteiger partial charge in [0.15, 0.2) is 5.78 Å². The number of para-hydroxylation sites is 1. The van der Waals surface area contributed by atoms with Gasteiger partial charge in [-0.1, -0.05) is 12.1 Å². The second kappa shape index (κ2) is 4.14. The van der Waals surface area contributed by atoms with E-state index in [0.29, 0.717) is 12.3 Å². The zero-order chi connectivity index (χ0) is 12.8. The molecule has 2 aromatic rings. The molecule has 1 atom stereocenters. The van der Waals surface area contributed by atoms with Gasteiger partial charge >= 0.3 is 0 Å². The molecule has 0 saturated heterocycles. The molecule has 1 unspecified atom stereocenters.